The Labute approximate surface area is 159 Å². The lowest BCUT2D eigenvalue weighted by Crippen LogP contribution is -2.36. The van der Waals surface area contributed by atoms with Crippen molar-refractivity contribution >= 4 is 5.91 Å². The summed E-state index contributed by atoms with van der Waals surface area (Å²) in [5, 5.41) is 4.62. The summed E-state index contributed by atoms with van der Waals surface area (Å²) in [6.07, 6.45) is 12.6. The molecule has 1 aliphatic carbocycles. The first-order chi connectivity index (χ1) is 13.2. The molecule has 1 aliphatic heterocycles. The van der Waals surface area contributed by atoms with Gasteiger partial charge in [0.1, 0.15) is 12.3 Å². The molecule has 4 rings (SSSR count). The number of amides is 1. The average molecular weight is 369 g/mol. The lowest BCUT2D eigenvalue weighted by Gasteiger charge is -2.28. The van der Waals surface area contributed by atoms with Crippen LogP contribution in [0.1, 0.15) is 55.5 Å². The third kappa shape index (κ3) is 4.12. The van der Waals surface area contributed by atoms with Crippen LogP contribution in [-0.4, -0.2) is 37.1 Å². The highest BCUT2D eigenvalue weighted by atomic mass is 16.5. The molecule has 0 unspecified atom stereocenters. The van der Waals surface area contributed by atoms with E-state index in [0.29, 0.717) is 25.5 Å². The fraction of sp³-hybridized carbons (Fsp3) is 0.600. The first-order valence-corrected chi connectivity index (χ1v) is 9.91. The Morgan fingerprint density at radius 1 is 1.30 bits per heavy atom. The molecule has 0 radical (unpaired) electrons. The number of aromatic nitrogens is 4. The smallest absolute Gasteiger partial charge is 0.232 e. The zero-order chi connectivity index (χ0) is 18.6. The quantitative estimate of drug-likeness (QED) is 0.783. The van der Waals surface area contributed by atoms with Crippen molar-refractivity contribution in [3.05, 3.63) is 35.5 Å². The lowest BCUT2D eigenvalue weighted by molar-refractivity contribution is -0.132. The monoisotopic (exact) mass is 369 g/mol. The summed E-state index contributed by atoms with van der Waals surface area (Å²) in [7, 11) is 1.96. The van der Waals surface area contributed by atoms with Gasteiger partial charge < -0.3 is 9.64 Å². The summed E-state index contributed by atoms with van der Waals surface area (Å²) >= 11 is 0. The molecule has 1 fully saturated rings. The van der Waals surface area contributed by atoms with Gasteiger partial charge in [-0.15, -0.1) is 0 Å². The lowest BCUT2D eigenvalue weighted by atomic mass is 10.00. The van der Waals surface area contributed by atoms with E-state index in [-0.39, 0.29) is 5.91 Å². The second-order valence-corrected chi connectivity index (χ2v) is 7.58. The van der Waals surface area contributed by atoms with Gasteiger partial charge in [-0.05, 0) is 12.3 Å². The number of rotatable bonds is 6. The first kappa shape index (κ1) is 17.9. The van der Waals surface area contributed by atoms with Gasteiger partial charge in [-0.1, -0.05) is 25.7 Å². The Hall–Kier alpha value is -2.44. The van der Waals surface area contributed by atoms with Crippen molar-refractivity contribution in [1.82, 2.24) is 24.6 Å². The molecule has 7 heteroatoms. The number of carbonyl (C=O) groups excluding carboxylic acids is 1. The van der Waals surface area contributed by atoms with E-state index in [1.807, 2.05) is 16.6 Å². The van der Waals surface area contributed by atoms with Crippen molar-refractivity contribution < 1.29 is 9.53 Å². The summed E-state index contributed by atoms with van der Waals surface area (Å²) in [5.41, 5.74) is 3.21. The molecule has 0 saturated heterocycles. The van der Waals surface area contributed by atoms with Crippen LogP contribution in [0.5, 0.6) is 5.88 Å². The number of nitrogens with zero attached hydrogens (tertiary/aromatic N) is 5. The zero-order valence-corrected chi connectivity index (χ0v) is 15.9. The van der Waals surface area contributed by atoms with Gasteiger partial charge in [0.2, 0.25) is 11.8 Å². The van der Waals surface area contributed by atoms with E-state index in [1.165, 1.54) is 31.4 Å². The van der Waals surface area contributed by atoms with Crippen LogP contribution >= 0.6 is 0 Å². The number of carbonyl (C=O) groups is 1. The van der Waals surface area contributed by atoms with Crippen molar-refractivity contribution in [3.63, 3.8) is 0 Å². The molecule has 0 atom stereocenters. The minimum absolute atomic E-state index is 0.275. The summed E-state index contributed by atoms with van der Waals surface area (Å²) in [5.74, 6) is 1.51. The maximum Gasteiger partial charge on any atom is 0.232 e. The molecule has 7 nitrogen and oxygen atoms in total. The normalized spacial score (nSPS) is 17.1. The molecule has 2 aliphatic rings. The topological polar surface area (TPSA) is 73.1 Å². The zero-order valence-electron chi connectivity index (χ0n) is 15.9. The molecule has 1 saturated carbocycles. The van der Waals surface area contributed by atoms with Gasteiger partial charge in [-0.2, -0.15) is 5.10 Å². The third-order valence-electron chi connectivity index (χ3n) is 5.82. The highest BCUT2D eigenvalue weighted by Gasteiger charge is 2.27. The van der Waals surface area contributed by atoms with Crippen molar-refractivity contribution in [1.29, 1.82) is 0 Å². The molecule has 27 heavy (non-hydrogen) atoms. The van der Waals surface area contributed by atoms with Crippen LogP contribution in [-0.2, 0) is 31.4 Å². The van der Waals surface area contributed by atoms with E-state index in [0.717, 1.165) is 36.6 Å². The van der Waals surface area contributed by atoms with Gasteiger partial charge in [0.25, 0.3) is 0 Å². The van der Waals surface area contributed by atoms with Crippen LogP contribution in [0.4, 0.5) is 0 Å². The minimum Gasteiger partial charge on any atom is -0.470 e. The Morgan fingerprint density at radius 2 is 2.15 bits per heavy atom. The molecular formula is C20H27N5O2. The van der Waals surface area contributed by atoms with E-state index < -0.39 is 0 Å². The summed E-state index contributed by atoms with van der Waals surface area (Å²) in [6, 6.07) is 0. The summed E-state index contributed by atoms with van der Waals surface area (Å²) in [6.45, 7) is 1.75. The fourth-order valence-corrected chi connectivity index (χ4v) is 4.29. The van der Waals surface area contributed by atoms with E-state index in [1.54, 1.807) is 18.6 Å². The summed E-state index contributed by atoms with van der Waals surface area (Å²) in [4.78, 5) is 22.8. The van der Waals surface area contributed by atoms with Crippen LogP contribution in [0.2, 0.25) is 0 Å². The number of fused-ring (bicyclic) bond motifs is 1. The van der Waals surface area contributed by atoms with Crippen LogP contribution in [0, 0.1) is 5.92 Å². The maximum atomic E-state index is 12.7. The van der Waals surface area contributed by atoms with Gasteiger partial charge in [-0.3, -0.25) is 14.5 Å². The largest absolute Gasteiger partial charge is 0.470 e. The van der Waals surface area contributed by atoms with Crippen molar-refractivity contribution in [2.75, 3.05) is 6.54 Å². The van der Waals surface area contributed by atoms with Crippen LogP contribution < -0.4 is 4.74 Å². The molecule has 2 aromatic rings. The Bertz CT molecular complexity index is 783. The maximum absolute atomic E-state index is 12.7. The SMILES string of the molecule is Cn1nc(COc2cnccn2)c2c1CCN(C(=O)CCC1CCCC1)C2. The number of hydrogen-bond acceptors (Lipinski definition) is 5. The van der Waals surface area contributed by atoms with Gasteiger partial charge >= 0.3 is 0 Å². The second-order valence-electron chi connectivity index (χ2n) is 7.58. The van der Waals surface area contributed by atoms with E-state index in [4.69, 9.17) is 4.74 Å². The highest BCUT2D eigenvalue weighted by molar-refractivity contribution is 5.76. The Kier molecular flexibility index (Phi) is 5.36. The number of ether oxygens (including phenoxy) is 1. The minimum atomic E-state index is 0.275. The molecule has 0 bridgehead atoms. The van der Waals surface area contributed by atoms with Crippen LogP contribution in [0.15, 0.2) is 18.6 Å². The van der Waals surface area contributed by atoms with Crippen molar-refractivity contribution in [2.24, 2.45) is 13.0 Å². The van der Waals surface area contributed by atoms with Crippen LogP contribution in [0.25, 0.3) is 0 Å². The first-order valence-electron chi connectivity index (χ1n) is 9.91. The number of aryl methyl sites for hydroxylation is 1. The van der Waals surface area contributed by atoms with Gasteiger partial charge in [0.05, 0.1) is 6.20 Å². The molecule has 2 aromatic heterocycles. The molecule has 144 valence electrons. The van der Waals surface area contributed by atoms with Gasteiger partial charge in [-0.25, -0.2) is 4.98 Å². The van der Waals surface area contributed by atoms with Crippen LogP contribution in [0.3, 0.4) is 0 Å². The fourth-order valence-electron chi connectivity index (χ4n) is 4.29. The molecule has 0 aromatic carbocycles. The summed E-state index contributed by atoms with van der Waals surface area (Å²) < 4.78 is 7.65. The Morgan fingerprint density at radius 3 is 2.93 bits per heavy atom. The molecule has 0 spiro atoms. The molecule has 1 amide bonds. The molecule has 0 N–H and O–H groups in total. The van der Waals surface area contributed by atoms with E-state index in [9.17, 15) is 4.79 Å². The van der Waals surface area contributed by atoms with Crippen molar-refractivity contribution in [2.45, 2.75) is 58.1 Å². The predicted octanol–water partition coefficient (Wildman–Crippen LogP) is 2.64. The highest BCUT2D eigenvalue weighted by Crippen LogP contribution is 2.29. The second kappa shape index (κ2) is 8.06. The standard InChI is InChI=1S/C20H27N5O2/c1-24-18-8-11-25(20(26)7-6-15-4-2-3-5-15)13-16(18)17(23-24)14-27-19-12-21-9-10-22-19/h9-10,12,15H,2-8,11,13-14H2,1H3. The van der Waals surface area contributed by atoms with E-state index in [2.05, 4.69) is 15.1 Å². The predicted molar refractivity (Wildman–Crippen MR) is 99.9 cm³/mol. The van der Waals surface area contributed by atoms with Gasteiger partial charge in [0, 0.05) is 56.6 Å². The van der Waals surface area contributed by atoms with Gasteiger partial charge in [0.15, 0.2) is 0 Å². The van der Waals surface area contributed by atoms with Crippen molar-refractivity contribution in [3.8, 4) is 5.88 Å². The Balaban J connectivity index is 1.39. The average Bonchev–Trinajstić information content (AvgIpc) is 3.33. The molecular weight excluding hydrogens is 342 g/mol. The van der Waals surface area contributed by atoms with E-state index >= 15 is 0 Å². The molecule has 3 heterocycles. The third-order valence-corrected chi connectivity index (χ3v) is 5.82. The number of hydrogen-bond donors (Lipinski definition) is 0.